The smallest absolute Gasteiger partial charge is 0.355 e. The molecular formula is C16H22N2O7S. The molecule has 1 aromatic rings. The van der Waals surface area contributed by atoms with E-state index >= 15 is 0 Å². The molecule has 10 heteroatoms. The zero-order valence-electron chi connectivity index (χ0n) is 14.9. The van der Waals surface area contributed by atoms with Gasteiger partial charge in [0, 0.05) is 11.7 Å². The van der Waals surface area contributed by atoms with Crippen LogP contribution in [0.15, 0.2) is 0 Å². The Morgan fingerprint density at radius 3 is 2.46 bits per heavy atom. The molecule has 1 fully saturated rings. The number of sulfone groups is 1. The minimum Gasteiger partial charge on any atom is -0.461 e. The molecule has 0 aromatic carbocycles. The van der Waals surface area contributed by atoms with E-state index in [9.17, 15) is 22.8 Å². The number of hydrogen-bond donors (Lipinski definition) is 2. The molecule has 144 valence electrons. The first kappa shape index (κ1) is 20.0. The minimum absolute atomic E-state index is 0.0378. The van der Waals surface area contributed by atoms with E-state index in [2.05, 4.69) is 10.3 Å². The minimum atomic E-state index is -3.11. The van der Waals surface area contributed by atoms with Gasteiger partial charge in [-0.1, -0.05) is 0 Å². The highest BCUT2D eigenvalue weighted by atomic mass is 32.2. The van der Waals surface area contributed by atoms with Gasteiger partial charge in [0.2, 0.25) is 0 Å². The van der Waals surface area contributed by atoms with Crippen LogP contribution in [-0.2, 0) is 24.1 Å². The summed E-state index contributed by atoms with van der Waals surface area (Å²) >= 11 is 0. The first-order valence-corrected chi connectivity index (χ1v) is 10.00. The standard InChI is InChI=1S/C16H22N2O7S/c1-4-24-16(21)14-9(2)13(10(3)17-14)15(20)25-7-12(19)18-11-5-6-26(22,23)8-11/h11,17H,4-8H2,1-3H3,(H,18,19). The van der Waals surface area contributed by atoms with Crippen molar-refractivity contribution in [3.63, 3.8) is 0 Å². The monoisotopic (exact) mass is 386 g/mol. The van der Waals surface area contributed by atoms with Gasteiger partial charge in [-0.05, 0) is 32.8 Å². The lowest BCUT2D eigenvalue weighted by Gasteiger charge is -2.11. The van der Waals surface area contributed by atoms with Crippen molar-refractivity contribution in [1.29, 1.82) is 0 Å². The summed E-state index contributed by atoms with van der Waals surface area (Å²) in [7, 11) is -3.11. The van der Waals surface area contributed by atoms with Gasteiger partial charge in [-0.15, -0.1) is 0 Å². The van der Waals surface area contributed by atoms with Crippen molar-refractivity contribution < 1.29 is 32.3 Å². The maximum Gasteiger partial charge on any atom is 0.355 e. The molecule has 0 aliphatic carbocycles. The van der Waals surface area contributed by atoms with Crippen LogP contribution in [0, 0.1) is 13.8 Å². The molecule has 26 heavy (non-hydrogen) atoms. The van der Waals surface area contributed by atoms with E-state index < -0.39 is 40.3 Å². The Labute approximate surface area is 151 Å². The Bertz CT molecular complexity index is 826. The van der Waals surface area contributed by atoms with Gasteiger partial charge in [0.25, 0.3) is 5.91 Å². The van der Waals surface area contributed by atoms with Crippen LogP contribution in [0.25, 0.3) is 0 Å². The molecule has 0 bridgehead atoms. The highest BCUT2D eigenvalue weighted by molar-refractivity contribution is 7.91. The second-order valence-corrected chi connectivity index (χ2v) is 8.32. The molecule has 1 aliphatic rings. The number of carbonyl (C=O) groups excluding carboxylic acids is 3. The van der Waals surface area contributed by atoms with Crippen LogP contribution in [0.3, 0.4) is 0 Å². The lowest BCUT2D eigenvalue weighted by molar-refractivity contribution is -0.124. The molecule has 2 N–H and O–H groups in total. The van der Waals surface area contributed by atoms with Crippen LogP contribution in [-0.4, -0.2) is 62.0 Å². The maximum absolute atomic E-state index is 12.3. The molecule has 1 aliphatic heterocycles. The molecular weight excluding hydrogens is 364 g/mol. The Balaban J connectivity index is 1.96. The largest absolute Gasteiger partial charge is 0.461 e. The molecule has 1 amide bonds. The lowest BCUT2D eigenvalue weighted by atomic mass is 10.1. The highest BCUT2D eigenvalue weighted by Crippen LogP contribution is 2.20. The number of amides is 1. The van der Waals surface area contributed by atoms with E-state index in [0.717, 1.165) is 0 Å². The van der Waals surface area contributed by atoms with Gasteiger partial charge in [0.05, 0.1) is 23.7 Å². The van der Waals surface area contributed by atoms with E-state index in [1.807, 2.05) is 0 Å². The molecule has 0 radical (unpaired) electrons. The second kappa shape index (κ2) is 7.90. The number of hydrogen-bond acceptors (Lipinski definition) is 7. The molecule has 9 nitrogen and oxygen atoms in total. The fraction of sp³-hybridized carbons (Fsp3) is 0.562. The van der Waals surface area contributed by atoms with Crippen molar-refractivity contribution in [2.24, 2.45) is 0 Å². The van der Waals surface area contributed by atoms with Crippen molar-refractivity contribution >= 4 is 27.7 Å². The first-order valence-electron chi connectivity index (χ1n) is 8.17. The number of aromatic amines is 1. The van der Waals surface area contributed by atoms with Gasteiger partial charge >= 0.3 is 11.9 Å². The van der Waals surface area contributed by atoms with E-state index in [1.165, 1.54) is 0 Å². The number of ether oxygens (including phenoxy) is 2. The van der Waals surface area contributed by atoms with Crippen LogP contribution in [0.5, 0.6) is 0 Å². The van der Waals surface area contributed by atoms with Gasteiger partial charge in [-0.25, -0.2) is 18.0 Å². The zero-order valence-corrected chi connectivity index (χ0v) is 15.7. The summed E-state index contributed by atoms with van der Waals surface area (Å²) < 4.78 is 32.7. The Hall–Kier alpha value is -2.36. The summed E-state index contributed by atoms with van der Waals surface area (Å²) in [6, 6.07) is -0.461. The molecule has 0 spiro atoms. The van der Waals surface area contributed by atoms with E-state index in [-0.39, 0.29) is 29.4 Å². The average Bonchev–Trinajstić information content (AvgIpc) is 3.04. The normalized spacial score (nSPS) is 18.3. The maximum atomic E-state index is 12.3. The summed E-state index contributed by atoms with van der Waals surface area (Å²) in [4.78, 5) is 38.7. The summed E-state index contributed by atoms with van der Waals surface area (Å²) in [5.41, 5.74) is 1.15. The molecule has 1 saturated heterocycles. The number of rotatable bonds is 6. The lowest BCUT2D eigenvalue weighted by Crippen LogP contribution is -2.38. The number of carbonyl (C=O) groups is 3. The number of aryl methyl sites for hydroxylation is 1. The van der Waals surface area contributed by atoms with Crippen LogP contribution in [0.1, 0.15) is 45.4 Å². The average molecular weight is 386 g/mol. The van der Waals surface area contributed by atoms with Crippen molar-refractivity contribution in [1.82, 2.24) is 10.3 Å². The van der Waals surface area contributed by atoms with Gasteiger partial charge in [-0.2, -0.15) is 0 Å². The molecule has 0 saturated carbocycles. The van der Waals surface area contributed by atoms with Gasteiger partial charge in [0.15, 0.2) is 16.4 Å². The van der Waals surface area contributed by atoms with Crippen molar-refractivity contribution in [2.45, 2.75) is 33.2 Å². The molecule has 1 aromatic heterocycles. The molecule has 2 heterocycles. The fourth-order valence-corrected chi connectivity index (χ4v) is 4.52. The first-order chi connectivity index (χ1) is 12.1. The third-order valence-electron chi connectivity index (χ3n) is 4.05. The van der Waals surface area contributed by atoms with Crippen molar-refractivity contribution in [3.05, 3.63) is 22.5 Å². The third-order valence-corrected chi connectivity index (χ3v) is 5.82. The third kappa shape index (κ3) is 4.63. The summed E-state index contributed by atoms with van der Waals surface area (Å²) in [6.45, 7) is 4.53. The van der Waals surface area contributed by atoms with E-state index in [1.54, 1.807) is 20.8 Å². The van der Waals surface area contributed by atoms with E-state index in [0.29, 0.717) is 17.7 Å². The van der Waals surface area contributed by atoms with Crippen molar-refractivity contribution in [3.8, 4) is 0 Å². The van der Waals surface area contributed by atoms with Gasteiger partial charge < -0.3 is 19.8 Å². The molecule has 2 rings (SSSR count). The molecule has 1 unspecified atom stereocenters. The van der Waals surface area contributed by atoms with Crippen LogP contribution < -0.4 is 5.32 Å². The quantitative estimate of drug-likeness (QED) is 0.671. The predicted molar refractivity (Wildman–Crippen MR) is 91.7 cm³/mol. The topological polar surface area (TPSA) is 132 Å². The summed E-state index contributed by atoms with van der Waals surface area (Å²) in [5.74, 6) is -1.97. The Morgan fingerprint density at radius 2 is 1.88 bits per heavy atom. The predicted octanol–water partition coefficient (Wildman–Crippen LogP) is 0.268. The van der Waals surface area contributed by atoms with Crippen molar-refractivity contribution in [2.75, 3.05) is 24.7 Å². The van der Waals surface area contributed by atoms with E-state index in [4.69, 9.17) is 9.47 Å². The fourth-order valence-electron chi connectivity index (χ4n) is 2.85. The Morgan fingerprint density at radius 1 is 1.19 bits per heavy atom. The second-order valence-electron chi connectivity index (χ2n) is 6.09. The van der Waals surface area contributed by atoms with Crippen LogP contribution in [0.4, 0.5) is 0 Å². The summed E-state index contributed by atoms with van der Waals surface area (Å²) in [5, 5.41) is 2.53. The Kier molecular flexibility index (Phi) is 6.06. The number of esters is 2. The summed E-state index contributed by atoms with van der Waals surface area (Å²) in [6.07, 6.45) is 0.348. The van der Waals surface area contributed by atoms with Crippen LogP contribution >= 0.6 is 0 Å². The highest BCUT2D eigenvalue weighted by Gasteiger charge is 2.29. The van der Waals surface area contributed by atoms with Gasteiger partial charge in [-0.3, -0.25) is 4.79 Å². The van der Waals surface area contributed by atoms with Gasteiger partial charge in [0.1, 0.15) is 5.69 Å². The SMILES string of the molecule is CCOC(=O)c1[nH]c(C)c(C(=O)OCC(=O)NC2CCS(=O)(=O)C2)c1C. The molecule has 1 atom stereocenters. The number of H-pyrrole nitrogens is 1. The number of aromatic nitrogens is 1. The number of nitrogens with one attached hydrogen (secondary N) is 2. The zero-order chi connectivity index (χ0) is 19.5. The van der Waals surface area contributed by atoms with Crippen LogP contribution in [0.2, 0.25) is 0 Å².